The third-order valence-corrected chi connectivity index (χ3v) is 10.3. The van der Waals surface area contributed by atoms with E-state index in [1.165, 1.54) is 24.2 Å². The lowest BCUT2D eigenvalue weighted by Gasteiger charge is -2.49. The molecular weight excluding hydrogens is 608 g/mol. The largest absolute Gasteiger partial charge is 0.495 e. The first kappa shape index (κ1) is 32.7. The van der Waals surface area contributed by atoms with Crippen LogP contribution >= 0.6 is 11.3 Å². The van der Waals surface area contributed by atoms with Gasteiger partial charge in [-0.3, -0.25) is 14.5 Å². The van der Waals surface area contributed by atoms with E-state index in [-0.39, 0.29) is 30.4 Å². The van der Waals surface area contributed by atoms with Gasteiger partial charge in [0.1, 0.15) is 19.0 Å². The van der Waals surface area contributed by atoms with Crippen LogP contribution in [-0.2, 0) is 30.4 Å². The topological polar surface area (TPSA) is 128 Å². The first-order valence-corrected chi connectivity index (χ1v) is 17.1. The van der Waals surface area contributed by atoms with E-state index in [0.29, 0.717) is 61.8 Å². The normalized spacial score (nSPS) is 22.2. The fourth-order valence-corrected chi connectivity index (χ4v) is 7.67. The van der Waals surface area contributed by atoms with Gasteiger partial charge in [-0.15, -0.1) is 0 Å². The van der Waals surface area contributed by atoms with Crippen molar-refractivity contribution in [2.45, 2.75) is 70.2 Å². The van der Waals surface area contributed by atoms with Crippen molar-refractivity contribution >= 4 is 38.5 Å². The number of hydrogen-bond acceptors (Lipinski definition) is 11. The maximum absolute atomic E-state index is 13.2. The zero-order valence-corrected chi connectivity index (χ0v) is 27.7. The molecule has 0 radical (unpaired) electrons. The molecular formula is C33H44N6O6S. The van der Waals surface area contributed by atoms with Crippen molar-refractivity contribution in [3.63, 3.8) is 0 Å². The summed E-state index contributed by atoms with van der Waals surface area (Å²) in [5.41, 5.74) is 2.48. The summed E-state index contributed by atoms with van der Waals surface area (Å²) in [7, 11) is 3.25. The van der Waals surface area contributed by atoms with E-state index >= 15 is 0 Å². The Balaban J connectivity index is 1.01. The molecule has 2 saturated carbocycles. The lowest BCUT2D eigenvalue weighted by atomic mass is 9.78. The van der Waals surface area contributed by atoms with Gasteiger partial charge in [0, 0.05) is 68.3 Å². The van der Waals surface area contributed by atoms with Crippen LogP contribution in [0.2, 0.25) is 0 Å². The Kier molecular flexibility index (Phi) is 10.7. The second kappa shape index (κ2) is 15.1. The van der Waals surface area contributed by atoms with E-state index in [1.54, 1.807) is 26.6 Å². The molecule has 12 nitrogen and oxygen atoms in total. The molecule has 3 aliphatic rings. The number of rotatable bonds is 13. The van der Waals surface area contributed by atoms with Crippen molar-refractivity contribution in [3.8, 4) is 16.9 Å². The number of nitrogens with zero attached hydrogens (tertiary/aromatic N) is 5. The summed E-state index contributed by atoms with van der Waals surface area (Å²) in [6, 6.07) is 4.46. The van der Waals surface area contributed by atoms with Crippen LogP contribution in [0, 0.1) is 5.92 Å². The fraction of sp³-hybridized carbons (Fsp3) is 0.606. The summed E-state index contributed by atoms with van der Waals surface area (Å²) >= 11 is 1.41. The smallest absolute Gasteiger partial charge is 0.248 e. The predicted octanol–water partition coefficient (Wildman–Crippen LogP) is 4.13. The standard InChI is InChI=1S/C33H44N6O6S/c1-21-18-38(29(40)20-44-13-12-42-2)10-11-39(21)24-14-22(15-24)32(41)37-33-36-27-9-8-26(30(43-3)31(27)46-33)23-16-34-28(35-17-23)19-45-25-6-4-5-7-25/h8-9,16-17,21-22,24-25H,4-7,10-15,18-20H2,1-3H3,(H,36,37,41). The summed E-state index contributed by atoms with van der Waals surface area (Å²) in [5.74, 6) is 1.30. The van der Waals surface area contributed by atoms with Gasteiger partial charge in [0.15, 0.2) is 11.0 Å². The molecule has 2 aliphatic carbocycles. The molecule has 2 aromatic heterocycles. The highest BCUT2D eigenvalue weighted by atomic mass is 32.1. The van der Waals surface area contributed by atoms with Crippen LogP contribution in [0.3, 0.4) is 0 Å². The minimum absolute atomic E-state index is 0.00650. The predicted molar refractivity (Wildman–Crippen MR) is 175 cm³/mol. The highest BCUT2D eigenvalue weighted by Gasteiger charge is 2.41. The molecule has 13 heteroatoms. The lowest BCUT2D eigenvalue weighted by Crippen LogP contribution is -2.60. The molecule has 1 saturated heterocycles. The first-order valence-electron chi connectivity index (χ1n) is 16.2. The highest BCUT2D eigenvalue weighted by molar-refractivity contribution is 7.22. The Morgan fingerprint density at radius 1 is 1.07 bits per heavy atom. The number of carbonyl (C=O) groups excluding carboxylic acids is 2. The van der Waals surface area contributed by atoms with Crippen LogP contribution in [0.15, 0.2) is 24.5 Å². The van der Waals surface area contributed by atoms with Crippen molar-refractivity contribution in [2.75, 3.05) is 59.0 Å². The minimum Gasteiger partial charge on any atom is -0.495 e. The minimum atomic E-state index is -0.0659. The van der Waals surface area contributed by atoms with Gasteiger partial charge < -0.3 is 29.2 Å². The maximum atomic E-state index is 13.2. The van der Waals surface area contributed by atoms with Crippen molar-refractivity contribution in [3.05, 3.63) is 30.4 Å². The van der Waals surface area contributed by atoms with Gasteiger partial charge in [-0.2, -0.15) is 0 Å². The van der Waals surface area contributed by atoms with Gasteiger partial charge in [0.2, 0.25) is 11.8 Å². The SMILES string of the molecule is COCCOCC(=O)N1CCN(C2CC(C(=O)Nc3nc4ccc(-c5cnc(COC6CCCC6)nc5)c(OC)c4s3)C2)C(C)C1. The summed E-state index contributed by atoms with van der Waals surface area (Å²) in [4.78, 5) is 43.8. The van der Waals surface area contributed by atoms with Crippen LogP contribution in [0.25, 0.3) is 21.3 Å². The average Bonchev–Trinajstić information content (AvgIpc) is 3.71. The number of ether oxygens (including phenoxy) is 4. The number of hydrogen-bond donors (Lipinski definition) is 1. The molecule has 3 aromatic rings. The van der Waals surface area contributed by atoms with Gasteiger partial charge in [0.05, 0.1) is 36.6 Å². The Morgan fingerprint density at radius 3 is 2.57 bits per heavy atom. The van der Waals surface area contributed by atoms with Gasteiger partial charge in [-0.05, 0) is 44.7 Å². The molecule has 1 aromatic carbocycles. The molecule has 3 heterocycles. The second-order valence-corrected chi connectivity index (χ2v) is 13.4. The van der Waals surface area contributed by atoms with Gasteiger partial charge in [0.25, 0.3) is 0 Å². The maximum Gasteiger partial charge on any atom is 0.248 e. The van der Waals surface area contributed by atoms with E-state index in [4.69, 9.17) is 18.9 Å². The first-order chi connectivity index (χ1) is 22.4. The van der Waals surface area contributed by atoms with Crippen LogP contribution in [0.5, 0.6) is 5.75 Å². The molecule has 0 spiro atoms. The van der Waals surface area contributed by atoms with Crippen molar-refractivity contribution < 1.29 is 28.5 Å². The van der Waals surface area contributed by atoms with Gasteiger partial charge in [-0.25, -0.2) is 15.0 Å². The summed E-state index contributed by atoms with van der Waals surface area (Å²) in [6.45, 7) is 5.67. The third-order valence-electron chi connectivity index (χ3n) is 9.35. The molecule has 1 N–H and O–H groups in total. The van der Waals surface area contributed by atoms with Gasteiger partial charge >= 0.3 is 0 Å². The molecule has 6 rings (SSSR count). The number of amides is 2. The van der Waals surface area contributed by atoms with Crippen molar-refractivity contribution in [2.24, 2.45) is 5.92 Å². The Hall–Kier alpha value is -3.23. The fourth-order valence-electron chi connectivity index (χ4n) is 6.68. The Bertz CT molecular complexity index is 1490. The van der Waals surface area contributed by atoms with Crippen LogP contribution < -0.4 is 10.1 Å². The van der Waals surface area contributed by atoms with E-state index in [2.05, 4.69) is 32.1 Å². The summed E-state index contributed by atoms with van der Waals surface area (Å²) in [6.07, 6.45) is 10.2. The van der Waals surface area contributed by atoms with Crippen LogP contribution in [-0.4, -0.2) is 108 Å². The number of piperazine rings is 1. The molecule has 1 aliphatic heterocycles. The third kappa shape index (κ3) is 7.49. The van der Waals surface area contributed by atoms with Gasteiger partial charge in [-0.1, -0.05) is 24.2 Å². The zero-order chi connectivity index (χ0) is 32.0. The zero-order valence-electron chi connectivity index (χ0n) is 26.9. The van der Waals surface area contributed by atoms with Crippen LogP contribution in [0.1, 0.15) is 51.3 Å². The van der Waals surface area contributed by atoms with E-state index in [1.807, 2.05) is 17.0 Å². The molecule has 248 valence electrons. The van der Waals surface area contributed by atoms with Crippen molar-refractivity contribution in [1.29, 1.82) is 0 Å². The van der Waals surface area contributed by atoms with E-state index < -0.39 is 0 Å². The number of nitrogens with one attached hydrogen (secondary N) is 1. The molecule has 2 amide bonds. The molecule has 1 unspecified atom stereocenters. The number of methoxy groups -OCH3 is 2. The van der Waals surface area contributed by atoms with E-state index in [0.717, 1.165) is 53.6 Å². The van der Waals surface area contributed by atoms with E-state index in [9.17, 15) is 9.59 Å². The summed E-state index contributed by atoms with van der Waals surface area (Å²) < 4.78 is 23.0. The lowest BCUT2D eigenvalue weighted by molar-refractivity contribution is -0.141. The second-order valence-electron chi connectivity index (χ2n) is 12.4. The monoisotopic (exact) mass is 652 g/mol. The quantitative estimate of drug-likeness (QED) is 0.269. The number of aromatic nitrogens is 3. The average molecular weight is 653 g/mol. The number of benzene rings is 1. The summed E-state index contributed by atoms with van der Waals surface area (Å²) in [5, 5.41) is 3.61. The number of thiazole rings is 1. The molecule has 1 atom stereocenters. The Morgan fingerprint density at radius 2 is 1.85 bits per heavy atom. The number of fused-ring (bicyclic) bond motifs is 1. The Labute approximate surface area is 273 Å². The number of anilines is 1. The number of carbonyl (C=O) groups is 2. The van der Waals surface area contributed by atoms with Crippen molar-refractivity contribution in [1.82, 2.24) is 24.8 Å². The highest BCUT2D eigenvalue weighted by Crippen LogP contribution is 2.41. The molecule has 46 heavy (non-hydrogen) atoms. The van der Waals surface area contributed by atoms with Crippen LogP contribution in [0.4, 0.5) is 5.13 Å². The molecule has 3 fully saturated rings. The molecule has 0 bridgehead atoms.